The number of hydrogen-bond acceptors (Lipinski definition) is 3. The Morgan fingerprint density at radius 1 is 0.407 bits per heavy atom. The maximum atomic E-state index is 5.23. The first-order valence-electron chi connectivity index (χ1n) is 18.5. The third-order valence-corrected chi connectivity index (χ3v) is 11.4. The molecular weight excluding hydrogens is 657 g/mol. The number of hydrogen-bond donors (Lipinski definition) is 0. The van der Waals surface area contributed by atoms with Crippen LogP contribution in [-0.4, -0.2) is 19.5 Å². The second kappa shape index (κ2) is 11.5. The van der Waals surface area contributed by atoms with E-state index in [9.17, 15) is 0 Å². The quantitative estimate of drug-likeness (QED) is 0.185. The highest BCUT2D eigenvalue weighted by molar-refractivity contribution is 6.25. The average Bonchev–Trinajstić information content (AvgIpc) is 3.69. The molecule has 2 aromatic heterocycles. The Bertz CT molecular complexity index is 3060. The predicted molar refractivity (Wildman–Crippen MR) is 223 cm³/mol. The SMILES string of the molecule is CC1(C)c2ccccc2-c2c1cc(-c1cc3c(c4ccccc14)c1ccccc1n3-c1nc(-c3ccccc3)nc(-c3ccccc3)n1)c1ccccc21. The molecule has 54 heavy (non-hydrogen) atoms. The standard InChI is InChI=1S/C50H34N4/c1-50(2)41-27-15-13-25-37(41)45-35-23-11-9-21-33(35)39(29-42(45)50)40-30-44-46(36-24-12-10-22-34(36)40)38-26-14-16-28-43(38)54(44)49-52-47(31-17-5-3-6-18-31)51-48(53-49)32-19-7-4-8-20-32/h3-30H,1-2H3. The van der Waals surface area contributed by atoms with Crippen LogP contribution in [0, 0.1) is 0 Å². The van der Waals surface area contributed by atoms with Crippen LogP contribution in [0.4, 0.5) is 0 Å². The second-order valence-corrected chi connectivity index (χ2v) is 14.8. The summed E-state index contributed by atoms with van der Waals surface area (Å²) in [4.78, 5) is 15.5. The number of aromatic nitrogens is 4. The molecule has 0 amide bonds. The zero-order valence-corrected chi connectivity index (χ0v) is 30.0. The fourth-order valence-electron chi connectivity index (χ4n) is 8.94. The van der Waals surface area contributed by atoms with Gasteiger partial charge in [-0.15, -0.1) is 0 Å². The summed E-state index contributed by atoms with van der Waals surface area (Å²) in [5, 5.41) is 7.29. The van der Waals surface area contributed by atoms with Crippen molar-refractivity contribution in [3.8, 4) is 51.0 Å². The van der Waals surface area contributed by atoms with Crippen molar-refractivity contribution in [3.63, 3.8) is 0 Å². The first kappa shape index (κ1) is 30.7. The lowest BCUT2D eigenvalue weighted by atomic mass is 9.80. The summed E-state index contributed by atoms with van der Waals surface area (Å²) < 4.78 is 2.25. The van der Waals surface area contributed by atoms with Gasteiger partial charge in [0.2, 0.25) is 5.95 Å². The molecule has 0 radical (unpaired) electrons. The molecule has 10 aromatic rings. The average molecular weight is 691 g/mol. The third-order valence-electron chi connectivity index (χ3n) is 11.4. The molecule has 0 N–H and O–H groups in total. The van der Waals surface area contributed by atoms with E-state index in [0.29, 0.717) is 17.6 Å². The summed E-state index contributed by atoms with van der Waals surface area (Å²) in [5.41, 5.74) is 11.7. The molecule has 0 saturated carbocycles. The Morgan fingerprint density at radius 2 is 0.926 bits per heavy atom. The van der Waals surface area contributed by atoms with Gasteiger partial charge in [-0.25, -0.2) is 4.98 Å². The van der Waals surface area contributed by atoms with Gasteiger partial charge in [0, 0.05) is 27.3 Å². The highest BCUT2D eigenvalue weighted by Crippen LogP contribution is 2.54. The van der Waals surface area contributed by atoms with Crippen molar-refractivity contribution in [2.75, 3.05) is 0 Å². The van der Waals surface area contributed by atoms with Crippen LogP contribution < -0.4 is 0 Å². The van der Waals surface area contributed by atoms with E-state index < -0.39 is 0 Å². The van der Waals surface area contributed by atoms with Crippen LogP contribution in [0.3, 0.4) is 0 Å². The Hall–Kier alpha value is -6.91. The van der Waals surface area contributed by atoms with Crippen LogP contribution in [0.15, 0.2) is 170 Å². The van der Waals surface area contributed by atoms with Gasteiger partial charge in [0.05, 0.1) is 11.0 Å². The summed E-state index contributed by atoms with van der Waals surface area (Å²) in [5.74, 6) is 1.86. The first-order valence-corrected chi connectivity index (χ1v) is 18.5. The Balaban J connectivity index is 1.27. The zero-order chi connectivity index (χ0) is 36.0. The lowest BCUT2D eigenvalue weighted by Gasteiger charge is -2.23. The van der Waals surface area contributed by atoms with Crippen molar-refractivity contribution >= 4 is 43.4 Å². The van der Waals surface area contributed by atoms with E-state index in [4.69, 9.17) is 15.0 Å². The summed E-state index contributed by atoms with van der Waals surface area (Å²) in [7, 11) is 0. The summed E-state index contributed by atoms with van der Waals surface area (Å²) in [6.45, 7) is 4.73. The van der Waals surface area contributed by atoms with Gasteiger partial charge in [0.1, 0.15) is 0 Å². The van der Waals surface area contributed by atoms with Crippen molar-refractivity contribution in [2.45, 2.75) is 19.3 Å². The maximum absolute atomic E-state index is 5.23. The van der Waals surface area contributed by atoms with Crippen LogP contribution in [0.5, 0.6) is 0 Å². The minimum absolute atomic E-state index is 0.147. The molecule has 0 saturated heterocycles. The van der Waals surface area contributed by atoms with Crippen molar-refractivity contribution in [1.82, 2.24) is 19.5 Å². The van der Waals surface area contributed by atoms with Crippen molar-refractivity contribution in [2.24, 2.45) is 0 Å². The van der Waals surface area contributed by atoms with E-state index in [2.05, 4.69) is 152 Å². The molecule has 0 atom stereocenters. The molecule has 8 aromatic carbocycles. The normalized spacial score (nSPS) is 13.1. The summed E-state index contributed by atoms with van der Waals surface area (Å²) in [6.07, 6.45) is 0. The molecule has 0 fully saturated rings. The number of nitrogens with zero attached hydrogens (tertiary/aromatic N) is 4. The van der Waals surface area contributed by atoms with E-state index in [1.54, 1.807) is 0 Å². The van der Waals surface area contributed by atoms with Crippen molar-refractivity contribution in [1.29, 1.82) is 0 Å². The van der Waals surface area contributed by atoms with E-state index in [-0.39, 0.29) is 5.41 Å². The number of fused-ring (bicyclic) bond motifs is 10. The third kappa shape index (κ3) is 4.40. The fourth-order valence-corrected chi connectivity index (χ4v) is 8.94. The van der Waals surface area contributed by atoms with E-state index in [1.165, 1.54) is 60.3 Å². The van der Waals surface area contributed by atoms with Crippen LogP contribution in [0.2, 0.25) is 0 Å². The van der Waals surface area contributed by atoms with Gasteiger partial charge in [-0.3, -0.25) is 4.57 Å². The largest absolute Gasteiger partial charge is 0.278 e. The Kier molecular flexibility index (Phi) is 6.56. The zero-order valence-electron chi connectivity index (χ0n) is 30.0. The molecule has 0 spiro atoms. The highest BCUT2D eigenvalue weighted by atomic mass is 15.2. The smallest absolute Gasteiger partial charge is 0.238 e. The number of para-hydroxylation sites is 1. The van der Waals surface area contributed by atoms with Crippen molar-refractivity contribution < 1.29 is 0 Å². The van der Waals surface area contributed by atoms with E-state index in [1.807, 2.05) is 36.4 Å². The van der Waals surface area contributed by atoms with Gasteiger partial charge >= 0.3 is 0 Å². The Morgan fingerprint density at radius 3 is 1.61 bits per heavy atom. The van der Waals surface area contributed by atoms with E-state index in [0.717, 1.165) is 27.5 Å². The van der Waals surface area contributed by atoms with Gasteiger partial charge in [0.15, 0.2) is 11.6 Å². The molecule has 0 unspecified atom stereocenters. The molecule has 0 bridgehead atoms. The number of benzene rings is 8. The summed E-state index contributed by atoms with van der Waals surface area (Å²) in [6, 6.07) is 60.6. The van der Waals surface area contributed by atoms with Gasteiger partial charge in [0.25, 0.3) is 0 Å². The molecule has 4 nitrogen and oxygen atoms in total. The number of rotatable bonds is 4. The molecular formula is C50H34N4. The lowest BCUT2D eigenvalue weighted by Crippen LogP contribution is -2.15. The van der Waals surface area contributed by atoms with Crippen LogP contribution in [-0.2, 0) is 5.41 Å². The molecule has 11 rings (SSSR count). The van der Waals surface area contributed by atoms with Crippen LogP contribution in [0.25, 0.3) is 94.3 Å². The molecule has 254 valence electrons. The van der Waals surface area contributed by atoms with Gasteiger partial charge in [-0.1, -0.05) is 166 Å². The van der Waals surface area contributed by atoms with Crippen LogP contribution in [0.1, 0.15) is 25.0 Å². The first-order chi connectivity index (χ1) is 26.6. The molecule has 4 heteroatoms. The minimum Gasteiger partial charge on any atom is -0.278 e. The maximum Gasteiger partial charge on any atom is 0.238 e. The molecule has 1 aliphatic rings. The fraction of sp³-hybridized carbons (Fsp3) is 0.0600. The molecule has 2 heterocycles. The monoisotopic (exact) mass is 690 g/mol. The highest BCUT2D eigenvalue weighted by Gasteiger charge is 2.37. The van der Waals surface area contributed by atoms with Gasteiger partial charge < -0.3 is 0 Å². The lowest BCUT2D eigenvalue weighted by molar-refractivity contribution is 0.661. The summed E-state index contributed by atoms with van der Waals surface area (Å²) >= 11 is 0. The predicted octanol–water partition coefficient (Wildman–Crippen LogP) is 12.6. The van der Waals surface area contributed by atoms with Gasteiger partial charge in [-0.05, 0) is 73.1 Å². The second-order valence-electron chi connectivity index (χ2n) is 14.8. The van der Waals surface area contributed by atoms with E-state index >= 15 is 0 Å². The van der Waals surface area contributed by atoms with Crippen LogP contribution >= 0.6 is 0 Å². The minimum atomic E-state index is -0.147. The van der Waals surface area contributed by atoms with Crippen molar-refractivity contribution in [3.05, 3.63) is 181 Å². The Labute approximate surface area is 313 Å². The molecule has 1 aliphatic carbocycles. The van der Waals surface area contributed by atoms with Gasteiger partial charge in [-0.2, -0.15) is 9.97 Å². The molecule has 0 aliphatic heterocycles. The topological polar surface area (TPSA) is 43.6 Å².